The van der Waals surface area contributed by atoms with E-state index in [0.29, 0.717) is 25.7 Å². The number of rotatable bonds is 11. The molecule has 1 saturated heterocycles. The predicted molar refractivity (Wildman–Crippen MR) is 103 cm³/mol. The molecule has 0 saturated carbocycles. The lowest BCUT2D eigenvalue weighted by molar-refractivity contribution is -0.148. The van der Waals surface area contributed by atoms with Crippen molar-refractivity contribution in [2.75, 3.05) is 13.7 Å². The maximum absolute atomic E-state index is 13.9. The number of aliphatic hydroxyl groups is 1. The minimum atomic E-state index is -3.37. The molecule has 28 heavy (non-hydrogen) atoms. The Morgan fingerprint density at radius 3 is 2.71 bits per heavy atom. The number of carbonyl (C=O) groups is 2. The van der Waals surface area contributed by atoms with Crippen LogP contribution in [0.3, 0.4) is 0 Å². The lowest BCUT2D eigenvalue weighted by Crippen LogP contribution is -2.36. The first-order valence-corrected chi connectivity index (χ1v) is 9.74. The molecule has 1 fully saturated rings. The normalized spacial score (nSPS) is 20.7. The molecule has 5 nitrogen and oxygen atoms in total. The summed E-state index contributed by atoms with van der Waals surface area (Å²) in [4.78, 5) is 24.3. The summed E-state index contributed by atoms with van der Waals surface area (Å²) in [6.45, 7) is 3.78. The number of methoxy groups -OCH3 is 1. The molecule has 1 amide bonds. The fourth-order valence-electron chi connectivity index (χ4n) is 3.08. The monoisotopic (exact) mass is 399 g/mol. The summed E-state index contributed by atoms with van der Waals surface area (Å²) >= 11 is 0. The van der Waals surface area contributed by atoms with Crippen molar-refractivity contribution in [2.45, 2.75) is 76.9 Å². The van der Waals surface area contributed by atoms with E-state index in [1.54, 1.807) is 6.92 Å². The maximum Gasteiger partial charge on any atom is 0.327 e. The van der Waals surface area contributed by atoms with Gasteiger partial charge in [0.1, 0.15) is 0 Å². The maximum atomic E-state index is 13.9. The molecule has 0 bridgehead atoms. The number of esters is 1. The van der Waals surface area contributed by atoms with Crippen molar-refractivity contribution in [1.82, 2.24) is 4.90 Å². The molecule has 3 atom stereocenters. The quantitative estimate of drug-likeness (QED) is 0.251. The predicted octanol–water partition coefficient (Wildman–Crippen LogP) is 3.31. The number of alkyl halides is 2. The highest BCUT2D eigenvalue weighted by Gasteiger charge is 2.52. The van der Waals surface area contributed by atoms with E-state index in [-0.39, 0.29) is 18.4 Å². The molecule has 7 heteroatoms. The highest BCUT2D eigenvalue weighted by molar-refractivity contribution is 5.86. The van der Waals surface area contributed by atoms with Gasteiger partial charge < -0.3 is 14.7 Å². The molecule has 1 N–H and O–H groups in total. The number of carbonyl (C=O) groups excluding carboxylic acids is 2. The van der Waals surface area contributed by atoms with Crippen molar-refractivity contribution in [3.05, 3.63) is 12.2 Å². The smallest absolute Gasteiger partial charge is 0.327 e. The zero-order chi connectivity index (χ0) is 21.2. The first-order chi connectivity index (χ1) is 13.2. The second-order valence-electron chi connectivity index (χ2n) is 7.20. The SMILES string of the molecule is CC#CC[C@@H](C)[C@@H](O)C=CC1CC(F)(F)C(=O)N1CCCCCCC(=O)OC. The van der Waals surface area contributed by atoms with Gasteiger partial charge in [-0.2, -0.15) is 8.78 Å². The van der Waals surface area contributed by atoms with Crippen LogP contribution >= 0.6 is 0 Å². The van der Waals surface area contributed by atoms with Crippen LogP contribution in [-0.2, 0) is 14.3 Å². The van der Waals surface area contributed by atoms with Crippen LogP contribution in [0.15, 0.2) is 12.2 Å². The summed E-state index contributed by atoms with van der Waals surface area (Å²) in [7, 11) is 1.34. The highest BCUT2D eigenvalue weighted by atomic mass is 19.3. The van der Waals surface area contributed by atoms with Gasteiger partial charge in [0.15, 0.2) is 0 Å². The molecule has 0 spiro atoms. The van der Waals surface area contributed by atoms with Gasteiger partial charge in [-0.25, -0.2) is 0 Å². The van der Waals surface area contributed by atoms with Gasteiger partial charge in [0, 0.05) is 25.8 Å². The standard InChI is InChI=1S/C21H31F2NO4/c1-4-5-10-16(2)18(25)13-12-17-15-21(22,23)20(27)24(17)14-9-7-6-8-11-19(26)28-3/h12-13,16-18,25H,6-11,14-15H2,1-3H3/t16-,17?,18+/m1/s1. The Hall–Kier alpha value is -1.94. The first-order valence-electron chi connectivity index (χ1n) is 9.74. The van der Waals surface area contributed by atoms with Crippen molar-refractivity contribution in [2.24, 2.45) is 5.92 Å². The number of ether oxygens (including phenoxy) is 1. The van der Waals surface area contributed by atoms with E-state index in [0.717, 1.165) is 12.8 Å². The van der Waals surface area contributed by atoms with Crippen LogP contribution in [0.1, 0.15) is 58.8 Å². The summed E-state index contributed by atoms with van der Waals surface area (Å²) in [5, 5.41) is 10.1. The zero-order valence-electron chi connectivity index (χ0n) is 16.9. The van der Waals surface area contributed by atoms with Crippen molar-refractivity contribution < 1.29 is 28.2 Å². The molecule has 1 rings (SSSR count). The number of likely N-dealkylation sites (tertiary alicyclic amines) is 1. The number of unbranched alkanes of at least 4 members (excludes halogenated alkanes) is 3. The van der Waals surface area contributed by atoms with Crippen LogP contribution in [-0.4, -0.2) is 53.6 Å². The Kier molecular flexibility index (Phi) is 10.2. The van der Waals surface area contributed by atoms with Gasteiger partial charge in [-0.15, -0.1) is 11.8 Å². The van der Waals surface area contributed by atoms with Gasteiger partial charge in [0.2, 0.25) is 0 Å². The molecule has 0 radical (unpaired) electrons. The lowest BCUT2D eigenvalue weighted by Gasteiger charge is -2.22. The van der Waals surface area contributed by atoms with Crippen LogP contribution in [0.2, 0.25) is 0 Å². The lowest BCUT2D eigenvalue weighted by atomic mass is 10.00. The Morgan fingerprint density at radius 2 is 2.07 bits per heavy atom. The van der Waals surface area contributed by atoms with Gasteiger partial charge >= 0.3 is 11.9 Å². The Morgan fingerprint density at radius 1 is 1.39 bits per heavy atom. The second kappa shape index (κ2) is 11.8. The molecule has 1 aliphatic heterocycles. The summed E-state index contributed by atoms with van der Waals surface area (Å²) in [5.41, 5.74) is 0. The van der Waals surface area contributed by atoms with Crippen molar-refractivity contribution in [3.63, 3.8) is 0 Å². The Balaban J connectivity index is 2.55. The molecule has 1 unspecified atom stereocenters. The van der Waals surface area contributed by atoms with Gasteiger partial charge in [-0.3, -0.25) is 9.59 Å². The largest absolute Gasteiger partial charge is 0.469 e. The zero-order valence-corrected chi connectivity index (χ0v) is 16.9. The number of amides is 1. The molecule has 1 heterocycles. The summed E-state index contributed by atoms with van der Waals surface area (Å²) in [5.74, 6) is 0.728. The second-order valence-corrected chi connectivity index (χ2v) is 7.20. The topological polar surface area (TPSA) is 66.8 Å². The van der Waals surface area contributed by atoms with E-state index in [2.05, 4.69) is 16.6 Å². The Bertz CT molecular complexity index is 609. The summed E-state index contributed by atoms with van der Waals surface area (Å²) in [6, 6.07) is -0.725. The average molecular weight is 399 g/mol. The van der Waals surface area contributed by atoms with E-state index < -0.39 is 30.4 Å². The molecular weight excluding hydrogens is 368 g/mol. The molecule has 0 aliphatic carbocycles. The molecule has 0 aromatic rings. The third-order valence-corrected chi connectivity index (χ3v) is 4.91. The number of hydrogen-bond donors (Lipinski definition) is 1. The van der Waals surface area contributed by atoms with Gasteiger partial charge in [-0.1, -0.05) is 31.9 Å². The summed E-state index contributed by atoms with van der Waals surface area (Å²) in [6.07, 6.45) is 5.23. The highest BCUT2D eigenvalue weighted by Crippen LogP contribution is 2.34. The van der Waals surface area contributed by atoms with E-state index in [1.807, 2.05) is 6.92 Å². The van der Waals surface area contributed by atoms with Crippen molar-refractivity contribution in [1.29, 1.82) is 0 Å². The third-order valence-electron chi connectivity index (χ3n) is 4.91. The van der Waals surface area contributed by atoms with Crippen LogP contribution < -0.4 is 0 Å². The molecule has 158 valence electrons. The number of halogens is 2. The van der Waals surface area contributed by atoms with Crippen molar-refractivity contribution >= 4 is 11.9 Å². The van der Waals surface area contributed by atoms with Crippen LogP contribution in [0.5, 0.6) is 0 Å². The fraction of sp³-hybridized carbons (Fsp3) is 0.714. The molecule has 1 aliphatic rings. The van der Waals surface area contributed by atoms with E-state index in [4.69, 9.17) is 0 Å². The van der Waals surface area contributed by atoms with Gasteiger partial charge in [0.25, 0.3) is 5.91 Å². The van der Waals surface area contributed by atoms with Crippen LogP contribution in [0, 0.1) is 17.8 Å². The fourth-order valence-corrected chi connectivity index (χ4v) is 3.08. The van der Waals surface area contributed by atoms with Gasteiger partial charge in [0.05, 0.1) is 19.3 Å². The van der Waals surface area contributed by atoms with E-state index in [9.17, 15) is 23.5 Å². The van der Waals surface area contributed by atoms with Crippen LogP contribution in [0.25, 0.3) is 0 Å². The van der Waals surface area contributed by atoms with E-state index in [1.165, 1.54) is 24.2 Å². The minimum absolute atomic E-state index is 0.121. The third kappa shape index (κ3) is 7.59. The number of aliphatic hydroxyl groups excluding tert-OH is 1. The summed E-state index contributed by atoms with van der Waals surface area (Å²) < 4.78 is 32.3. The first kappa shape index (κ1) is 24.1. The average Bonchev–Trinajstić information content (AvgIpc) is 2.89. The van der Waals surface area contributed by atoms with E-state index >= 15 is 0 Å². The minimum Gasteiger partial charge on any atom is -0.469 e. The molecule has 0 aromatic carbocycles. The Labute approximate surface area is 166 Å². The number of hydrogen-bond acceptors (Lipinski definition) is 4. The molecular formula is C21H31F2NO4. The number of nitrogens with zero attached hydrogens (tertiary/aromatic N) is 1. The van der Waals surface area contributed by atoms with Gasteiger partial charge in [-0.05, 0) is 25.7 Å². The molecule has 0 aromatic heterocycles. The van der Waals surface area contributed by atoms with Crippen LogP contribution in [0.4, 0.5) is 8.78 Å². The van der Waals surface area contributed by atoms with Crippen molar-refractivity contribution in [3.8, 4) is 11.8 Å².